The maximum Gasteiger partial charge on any atom is 0.407 e. The fraction of sp³-hybridized carbons (Fsp3) is 0.462. The van der Waals surface area contributed by atoms with Gasteiger partial charge in [0, 0.05) is 13.1 Å². The number of ether oxygens (including phenoxy) is 1. The summed E-state index contributed by atoms with van der Waals surface area (Å²) in [5.41, 5.74) is 0.838. The first-order valence-electron chi connectivity index (χ1n) is 11.8. The largest absolute Gasteiger partial charge is 0.508 e. The van der Waals surface area contributed by atoms with Gasteiger partial charge in [-0.05, 0) is 56.9 Å². The van der Waals surface area contributed by atoms with E-state index in [9.17, 15) is 24.9 Å². The minimum atomic E-state index is -1.25. The first kappa shape index (κ1) is 28.9. The molecule has 10 nitrogen and oxygen atoms in total. The highest BCUT2D eigenvalue weighted by Gasteiger charge is 2.26. The first-order valence-corrected chi connectivity index (χ1v) is 11.8. The zero-order valence-corrected chi connectivity index (χ0v) is 20.8. The average molecular weight is 504 g/mol. The van der Waals surface area contributed by atoms with Crippen LogP contribution in [0.25, 0.3) is 0 Å². The van der Waals surface area contributed by atoms with Crippen molar-refractivity contribution in [2.45, 2.75) is 63.5 Å². The van der Waals surface area contributed by atoms with Gasteiger partial charge in [0.1, 0.15) is 11.4 Å². The van der Waals surface area contributed by atoms with Gasteiger partial charge in [-0.15, -0.1) is 0 Å². The molecule has 2 rings (SSSR count). The van der Waals surface area contributed by atoms with E-state index in [1.165, 1.54) is 6.07 Å². The van der Waals surface area contributed by atoms with Crippen LogP contribution in [0.1, 0.15) is 31.9 Å². The smallest absolute Gasteiger partial charge is 0.407 e. The number of aliphatic hydroxyl groups is 2. The van der Waals surface area contributed by atoms with Crippen LogP contribution in [0.2, 0.25) is 0 Å². The second-order valence-corrected chi connectivity index (χ2v) is 9.67. The van der Waals surface area contributed by atoms with Gasteiger partial charge in [-0.25, -0.2) is 9.59 Å². The topological polar surface area (TPSA) is 160 Å². The number of phenolic OH excluding ortho intramolecular Hbond substituents is 1. The Morgan fingerprint density at radius 3 is 1.97 bits per heavy atom. The van der Waals surface area contributed by atoms with Crippen LogP contribution >= 0.6 is 0 Å². The molecular weight excluding hydrogens is 466 g/mol. The molecule has 2 aromatic carbocycles. The van der Waals surface area contributed by atoms with Crippen molar-refractivity contribution in [1.82, 2.24) is 16.0 Å². The number of rotatable bonds is 12. The quantitative estimate of drug-likeness (QED) is 0.232. The van der Waals surface area contributed by atoms with E-state index in [1.807, 2.05) is 30.3 Å². The van der Waals surface area contributed by atoms with Gasteiger partial charge in [0.05, 0.1) is 24.3 Å². The number of aliphatic hydroxyl groups excluding tert-OH is 2. The number of phenols is 1. The van der Waals surface area contributed by atoms with Crippen molar-refractivity contribution in [1.29, 1.82) is 0 Å². The number of benzene rings is 2. The van der Waals surface area contributed by atoms with Gasteiger partial charge in [0.2, 0.25) is 0 Å². The predicted octanol–water partition coefficient (Wildman–Crippen LogP) is 2.02. The SMILES string of the molecule is CC(C)(C)OC(=O)N[C@@H](Cc1cccc(O)c1)C(O)CNC[C@@H](O)[C@H](Cc1ccccc1)NC(=O)O. The van der Waals surface area contributed by atoms with E-state index >= 15 is 0 Å². The molecule has 0 aromatic heterocycles. The molecule has 0 spiro atoms. The van der Waals surface area contributed by atoms with Gasteiger partial charge < -0.3 is 41.1 Å². The summed E-state index contributed by atoms with van der Waals surface area (Å²) in [7, 11) is 0. The lowest BCUT2D eigenvalue weighted by Gasteiger charge is -2.28. The molecular formula is C26H37N3O7. The summed E-state index contributed by atoms with van der Waals surface area (Å²) in [6.07, 6.45) is -3.58. The van der Waals surface area contributed by atoms with Crippen molar-refractivity contribution in [2.24, 2.45) is 0 Å². The summed E-state index contributed by atoms with van der Waals surface area (Å²) in [5, 5.41) is 48.3. The number of carbonyl (C=O) groups excluding carboxylic acids is 1. The summed E-state index contributed by atoms with van der Waals surface area (Å²) < 4.78 is 5.31. The van der Waals surface area contributed by atoms with Crippen molar-refractivity contribution in [3.63, 3.8) is 0 Å². The van der Waals surface area contributed by atoms with Gasteiger partial charge in [0.15, 0.2) is 0 Å². The van der Waals surface area contributed by atoms with E-state index in [2.05, 4.69) is 16.0 Å². The molecule has 0 aliphatic heterocycles. The molecule has 0 aliphatic carbocycles. The van der Waals surface area contributed by atoms with E-state index in [0.717, 1.165) is 5.56 Å². The van der Waals surface area contributed by atoms with Gasteiger partial charge in [-0.3, -0.25) is 0 Å². The number of carbonyl (C=O) groups is 2. The lowest BCUT2D eigenvalue weighted by atomic mass is 10.00. The number of amides is 2. The second kappa shape index (κ2) is 13.7. The molecule has 0 saturated heterocycles. The van der Waals surface area contributed by atoms with Gasteiger partial charge in [-0.1, -0.05) is 42.5 Å². The Hall–Kier alpha value is -3.34. The second-order valence-electron chi connectivity index (χ2n) is 9.67. The molecule has 0 aliphatic rings. The van der Waals surface area contributed by atoms with Crippen molar-refractivity contribution < 1.29 is 34.8 Å². The third-order valence-electron chi connectivity index (χ3n) is 5.31. The van der Waals surface area contributed by atoms with E-state index in [0.29, 0.717) is 12.0 Å². The lowest BCUT2D eigenvalue weighted by Crippen LogP contribution is -2.52. The van der Waals surface area contributed by atoms with Crippen LogP contribution in [0.4, 0.5) is 9.59 Å². The van der Waals surface area contributed by atoms with Crippen LogP contribution in [0.5, 0.6) is 5.75 Å². The Morgan fingerprint density at radius 2 is 1.42 bits per heavy atom. The Balaban J connectivity index is 2.00. The Kier molecular flexibility index (Phi) is 11.0. The Morgan fingerprint density at radius 1 is 0.861 bits per heavy atom. The molecule has 7 N–H and O–H groups in total. The monoisotopic (exact) mass is 503 g/mol. The maximum absolute atomic E-state index is 12.4. The maximum atomic E-state index is 12.4. The van der Waals surface area contributed by atoms with Crippen molar-refractivity contribution in [2.75, 3.05) is 13.1 Å². The number of alkyl carbamates (subject to hydrolysis) is 1. The summed E-state index contributed by atoms with van der Waals surface area (Å²) in [6, 6.07) is 14.2. The van der Waals surface area contributed by atoms with Crippen LogP contribution in [-0.4, -0.2) is 75.6 Å². The molecule has 0 radical (unpaired) electrons. The lowest BCUT2D eigenvalue weighted by molar-refractivity contribution is 0.0416. The minimum absolute atomic E-state index is 0.000122. The van der Waals surface area contributed by atoms with Gasteiger partial charge >= 0.3 is 12.2 Å². The molecule has 0 bridgehead atoms. The summed E-state index contributed by atoms with van der Waals surface area (Å²) in [5.74, 6) is 0.0645. The van der Waals surface area contributed by atoms with Crippen LogP contribution in [-0.2, 0) is 17.6 Å². The first-order chi connectivity index (χ1) is 16.9. The van der Waals surface area contributed by atoms with E-state index in [4.69, 9.17) is 9.84 Å². The molecule has 0 fully saturated rings. The van der Waals surface area contributed by atoms with Gasteiger partial charge in [0.25, 0.3) is 0 Å². The highest BCUT2D eigenvalue weighted by atomic mass is 16.6. The summed E-state index contributed by atoms with van der Waals surface area (Å²) in [4.78, 5) is 23.6. The van der Waals surface area contributed by atoms with Crippen molar-refractivity contribution in [3.8, 4) is 5.75 Å². The number of hydrogen-bond donors (Lipinski definition) is 7. The molecule has 0 saturated carbocycles. The minimum Gasteiger partial charge on any atom is -0.508 e. The van der Waals surface area contributed by atoms with Gasteiger partial charge in [-0.2, -0.15) is 0 Å². The fourth-order valence-electron chi connectivity index (χ4n) is 3.65. The zero-order chi connectivity index (χ0) is 26.7. The molecule has 36 heavy (non-hydrogen) atoms. The van der Waals surface area contributed by atoms with Crippen molar-refractivity contribution in [3.05, 3.63) is 65.7 Å². The van der Waals surface area contributed by atoms with Crippen LogP contribution in [0, 0.1) is 0 Å². The molecule has 4 atom stereocenters. The summed E-state index contributed by atoms with van der Waals surface area (Å²) in [6.45, 7) is 5.19. The van der Waals surface area contributed by atoms with Crippen LogP contribution in [0.3, 0.4) is 0 Å². The van der Waals surface area contributed by atoms with E-state index < -0.39 is 42.1 Å². The van der Waals surface area contributed by atoms with E-state index in [-0.39, 0.29) is 25.3 Å². The molecule has 2 aromatic rings. The number of nitrogens with one attached hydrogen (secondary N) is 3. The number of aromatic hydroxyl groups is 1. The third kappa shape index (κ3) is 10.9. The van der Waals surface area contributed by atoms with E-state index in [1.54, 1.807) is 39.0 Å². The summed E-state index contributed by atoms with van der Waals surface area (Å²) >= 11 is 0. The Bertz CT molecular complexity index is 966. The van der Waals surface area contributed by atoms with Crippen LogP contribution < -0.4 is 16.0 Å². The molecule has 2 amide bonds. The number of hydrogen-bond acceptors (Lipinski definition) is 7. The molecule has 198 valence electrons. The van der Waals surface area contributed by atoms with Crippen LogP contribution in [0.15, 0.2) is 54.6 Å². The standard InChI is InChI=1S/C26H37N3O7/c1-26(2,3)36-25(35)29-21(14-18-10-7-11-19(30)12-18)23(32)16-27-15-22(31)20(28-24(33)34)13-17-8-5-4-6-9-17/h4-12,20-23,27-28,30-32H,13-16H2,1-3H3,(H,29,35)(H,33,34)/t20-,21-,22+,23?/m0/s1. The highest BCUT2D eigenvalue weighted by molar-refractivity contribution is 5.68. The zero-order valence-electron chi connectivity index (χ0n) is 20.8. The highest BCUT2D eigenvalue weighted by Crippen LogP contribution is 2.15. The Labute approximate surface area is 211 Å². The van der Waals surface area contributed by atoms with Crippen molar-refractivity contribution >= 4 is 12.2 Å². The molecule has 0 heterocycles. The number of carboxylic acid groups (broad SMARTS) is 1. The molecule has 1 unspecified atom stereocenters. The third-order valence-corrected chi connectivity index (χ3v) is 5.31. The average Bonchev–Trinajstić information content (AvgIpc) is 2.77. The molecule has 10 heteroatoms. The fourth-order valence-corrected chi connectivity index (χ4v) is 3.65. The predicted molar refractivity (Wildman–Crippen MR) is 135 cm³/mol. The normalized spacial score (nSPS) is 14.8.